The SMILES string of the molecule is NNC(CCc1ccccc1)c1cccs1. The van der Waals surface area contributed by atoms with Crippen LogP contribution in [0.4, 0.5) is 0 Å². The fourth-order valence-corrected chi connectivity index (χ4v) is 2.57. The lowest BCUT2D eigenvalue weighted by Crippen LogP contribution is -2.27. The maximum Gasteiger partial charge on any atom is 0.0556 e. The predicted octanol–water partition coefficient (Wildman–Crippen LogP) is 2.89. The second kappa shape index (κ2) is 5.80. The molecule has 0 aliphatic heterocycles. The second-order valence-corrected chi connectivity index (χ2v) is 4.74. The molecule has 0 spiro atoms. The molecular weight excluding hydrogens is 216 g/mol. The summed E-state index contributed by atoms with van der Waals surface area (Å²) in [5.74, 6) is 5.58. The zero-order valence-corrected chi connectivity index (χ0v) is 9.91. The highest BCUT2D eigenvalue weighted by atomic mass is 32.1. The Labute approximate surface area is 100 Å². The van der Waals surface area contributed by atoms with Crippen molar-refractivity contribution in [3.63, 3.8) is 0 Å². The molecule has 1 unspecified atom stereocenters. The van der Waals surface area contributed by atoms with Crippen LogP contribution in [0.2, 0.25) is 0 Å². The smallest absolute Gasteiger partial charge is 0.0556 e. The second-order valence-electron chi connectivity index (χ2n) is 3.76. The Morgan fingerprint density at radius 3 is 2.56 bits per heavy atom. The van der Waals surface area contributed by atoms with Crippen LogP contribution < -0.4 is 11.3 Å². The van der Waals surface area contributed by atoms with E-state index in [0.29, 0.717) is 0 Å². The van der Waals surface area contributed by atoms with Crippen molar-refractivity contribution in [1.29, 1.82) is 0 Å². The van der Waals surface area contributed by atoms with E-state index < -0.39 is 0 Å². The number of benzene rings is 1. The summed E-state index contributed by atoms with van der Waals surface area (Å²) in [7, 11) is 0. The van der Waals surface area contributed by atoms with E-state index in [-0.39, 0.29) is 6.04 Å². The lowest BCUT2D eigenvalue weighted by atomic mass is 10.0. The van der Waals surface area contributed by atoms with Gasteiger partial charge < -0.3 is 0 Å². The maximum absolute atomic E-state index is 5.58. The van der Waals surface area contributed by atoms with Gasteiger partial charge in [-0.25, -0.2) is 0 Å². The third-order valence-corrected chi connectivity index (χ3v) is 3.64. The Morgan fingerprint density at radius 1 is 1.12 bits per heavy atom. The minimum atomic E-state index is 0.264. The molecule has 1 atom stereocenters. The molecule has 16 heavy (non-hydrogen) atoms. The van der Waals surface area contributed by atoms with E-state index in [1.807, 2.05) is 6.07 Å². The monoisotopic (exact) mass is 232 g/mol. The molecule has 0 bridgehead atoms. The van der Waals surface area contributed by atoms with Gasteiger partial charge in [0.25, 0.3) is 0 Å². The van der Waals surface area contributed by atoms with Crippen LogP contribution in [-0.2, 0) is 6.42 Å². The van der Waals surface area contributed by atoms with Crippen LogP contribution >= 0.6 is 11.3 Å². The summed E-state index contributed by atoms with van der Waals surface area (Å²) in [6.45, 7) is 0. The van der Waals surface area contributed by atoms with Gasteiger partial charge in [-0.2, -0.15) is 0 Å². The highest BCUT2D eigenvalue weighted by Crippen LogP contribution is 2.22. The molecule has 1 aromatic carbocycles. The zero-order chi connectivity index (χ0) is 11.2. The average Bonchev–Trinajstić information content (AvgIpc) is 2.85. The highest BCUT2D eigenvalue weighted by Gasteiger charge is 2.10. The molecule has 0 radical (unpaired) electrons. The molecule has 0 amide bonds. The zero-order valence-electron chi connectivity index (χ0n) is 9.10. The fraction of sp³-hybridized carbons (Fsp3) is 0.231. The highest BCUT2D eigenvalue weighted by molar-refractivity contribution is 7.10. The molecule has 0 saturated carbocycles. The van der Waals surface area contributed by atoms with Gasteiger partial charge >= 0.3 is 0 Å². The quantitative estimate of drug-likeness (QED) is 0.614. The molecule has 2 rings (SSSR count). The summed E-state index contributed by atoms with van der Waals surface area (Å²) in [6.07, 6.45) is 2.08. The van der Waals surface area contributed by atoms with Crippen molar-refractivity contribution in [2.75, 3.05) is 0 Å². The van der Waals surface area contributed by atoms with E-state index >= 15 is 0 Å². The molecule has 84 valence electrons. The van der Waals surface area contributed by atoms with E-state index in [1.165, 1.54) is 10.4 Å². The van der Waals surface area contributed by atoms with Crippen LogP contribution in [0, 0.1) is 0 Å². The van der Waals surface area contributed by atoms with E-state index in [4.69, 9.17) is 5.84 Å². The Kier molecular flexibility index (Phi) is 4.10. The summed E-state index contributed by atoms with van der Waals surface area (Å²) >= 11 is 1.75. The van der Waals surface area contributed by atoms with Gasteiger partial charge in [0.05, 0.1) is 6.04 Å². The first kappa shape index (κ1) is 11.3. The molecule has 3 heteroatoms. The first-order valence-electron chi connectivity index (χ1n) is 5.43. The Hall–Kier alpha value is -1.16. The third kappa shape index (κ3) is 2.92. The van der Waals surface area contributed by atoms with Gasteiger partial charge in [0.2, 0.25) is 0 Å². The standard InChI is InChI=1S/C13H16N2S/c14-15-12(13-7-4-10-16-13)9-8-11-5-2-1-3-6-11/h1-7,10,12,15H,8-9,14H2. The number of nitrogens with one attached hydrogen (secondary N) is 1. The molecule has 2 aromatic rings. The molecule has 0 aliphatic rings. The molecule has 0 saturated heterocycles. The lowest BCUT2D eigenvalue weighted by molar-refractivity contribution is 0.524. The molecule has 0 aliphatic carbocycles. The van der Waals surface area contributed by atoms with Crippen LogP contribution in [0.25, 0.3) is 0 Å². The van der Waals surface area contributed by atoms with E-state index in [0.717, 1.165) is 12.8 Å². The molecule has 0 fully saturated rings. The summed E-state index contributed by atoms with van der Waals surface area (Å²) in [5.41, 5.74) is 4.25. The van der Waals surface area contributed by atoms with Crippen LogP contribution in [0.3, 0.4) is 0 Å². The van der Waals surface area contributed by atoms with Gasteiger partial charge in [-0.05, 0) is 29.9 Å². The van der Waals surface area contributed by atoms with Crippen LogP contribution in [0.15, 0.2) is 47.8 Å². The van der Waals surface area contributed by atoms with E-state index in [2.05, 4.69) is 47.2 Å². The molecule has 3 N–H and O–H groups in total. The normalized spacial score (nSPS) is 12.6. The molecule has 1 heterocycles. The number of thiophene rings is 1. The van der Waals surface area contributed by atoms with Gasteiger partial charge in [-0.1, -0.05) is 36.4 Å². The number of hydrogen-bond donors (Lipinski definition) is 2. The Bertz CT molecular complexity index is 397. The number of nitrogens with two attached hydrogens (primary N) is 1. The average molecular weight is 232 g/mol. The van der Waals surface area contributed by atoms with Crippen molar-refractivity contribution in [2.45, 2.75) is 18.9 Å². The first-order chi connectivity index (χ1) is 7.90. The summed E-state index contributed by atoms with van der Waals surface area (Å²) < 4.78 is 0. The van der Waals surface area contributed by atoms with Gasteiger partial charge in [0.1, 0.15) is 0 Å². The van der Waals surface area contributed by atoms with Crippen molar-refractivity contribution in [2.24, 2.45) is 5.84 Å². The van der Waals surface area contributed by atoms with Crippen molar-refractivity contribution < 1.29 is 0 Å². The van der Waals surface area contributed by atoms with Crippen molar-refractivity contribution in [3.05, 3.63) is 58.3 Å². The Morgan fingerprint density at radius 2 is 1.94 bits per heavy atom. The minimum absolute atomic E-state index is 0.264. The Balaban J connectivity index is 1.94. The minimum Gasteiger partial charge on any atom is -0.271 e. The number of hydrazine groups is 1. The summed E-state index contributed by atoms with van der Waals surface area (Å²) in [5, 5.41) is 2.09. The van der Waals surface area contributed by atoms with Crippen molar-refractivity contribution in [1.82, 2.24) is 5.43 Å². The molecule has 2 nitrogen and oxygen atoms in total. The fourth-order valence-electron chi connectivity index (χ4n) is 1.75. The van der Waals surface area contributed by atoms with E-state index in [9.17, 15) is 0 Å². The van der Waals surface area contributed by atoms with Crippen molar-refractivity contribution in [3.8, 4) is 0 Å². The third-order valence-electron chi connectivity index (χ3n) is 2.65. The van der Waals surface area contributed by atoms with Crippen LogP contribution in [-0.4, -0.2) is 0 Å². The summed E-state index contributed by atoms with van der Waals surface area (Å²) in [4.78, 5) is 1.30. The number of hydrogen-bond acceptors (Lipinski definition) is 3. The van der Waals surface area contributed by atoms with Crippen LogP contribution in [0.1, 0.15) is 22.9 Å². The first-order valence-corrected chi connectivity index (χ1v) is 6.31. The topological polar surface area (TPSA) is 38.0 Å². The maximum atomic E-state index is 5.58. The van der Waals surface area contributed by atoms with E-state index in [1.54, 1.807) is 11.3 Å². The molecule has 1 aromatic heterocycles. The van der Waals surface area contributed by atoms with Gasteiger partial charge in [-0.3, -0.25) is 11.3 Å². The van der Waals surface area contributed by atoms with Gasteiger partial charge in [0, 0.05) is 4.88 Å². The van der Waals surface area contributed by atoms with Gasteiger partial charge in [0.15, 0.2) is 0 Å². The molecular formula is C13H16N2S. The predicted molar refractivity (Wildman–Crippen MR) is 69.1 cm³/mol. The largest absolute Gasteiger partial charge is 0.271 e. The van der Waals surface area contributed by atoms with Crippen LogP contribution in [0.5, 0.6) is 0 Å². The van der Waals surface area contributed by atoms with Gasteiger partial charge in [-0.15, -0.1) is 11.3 Å². The lowest BCUT2D eigenvalue weighted by Gasteiger charge is -2.13. The number of aryl methyl sites for hydroxylation is 1. The number of rotatable bonds is 5. The van der Waals surface area contributed by atoms with Crippen molar-refractivity contribution >= 4 is 11.3 Å². The summed E-state index contributed by atoms with van der Waals surface area (Å²) in [6, 6.07) is 15.0.